The van der Waals surface area contributed by atoms with Crippen LogP contribution in [0, 0.1) is 5.82 Å². The number of nitrogens with zero attached hydrogens (tertiary/aromatic N) is 3. The summed E-state index contributed by atoms with van der Waals surface area (Å²) in [5, 5.41) is 6.22. The Morgan fingerprint density at radius 2 is 1.33 bits per heavy atom. The van der Waals surface area contributed by atoms with Gasteiger partial charge in [-0.1, -0.05) is 54.6 Å². The van der Waals surface area contributed by atoms with Crippen molar-refractivity contribution in [2.24, 2.45) is 0 Å². The first kappa shape index (κ1) is 35.9. The molecular formula is C30H43Cl4FN4. The second-order valence-corrected chi connectivity index (χ2v) is 10.1. The molecule has 39 heavy (non-hydrogen) atoms. The van der Waals surface area contributed by atoms with E-state index in [1.807, 2.05) is 12.1 Å². The highest BCUT2D eigenvalue weighted by Gasteiger charge is 2.26. The average Bonchev–Trinajstić information content (AvgIpc) is 2.92. The van der Waals surface area contributed by atoms with E-state index in [1.165, 1.54) is 41.3 Å². The highest BCUT2D eigenvalue weighted by Crippen LogP contribution is 2.24. The standard InChI is InChI=1S/C30H39FN4.4ClH/c31-28-13-11-27(12-14-28)30(35-18-15-32-16-19-35)24-34-22-20-33(21-23-34)17-4-3-7-26-9-5-8-25-6-1-2-10-29(25)26;;;;/h1-2,5-6,8-14,30,32H,3-4,7,15-24H2;4*1H. The molecule has 9 heteroatoms. The van der Waals surface area contributed by atoms with Crippen molar-refractivity contribution in [1.82, 2.24) is 20.0 Å². The van der Waals surface area contributed by atoms with Gasteiger partial charge in [-0.25, -0.2) is 4.39 Å². The minimum absolute atomic E-state index is 0. The van der Waals surface area contributed by atoms with Gasteiger partial charge >= 0.3 is 0 Å². The molecular weight excluding hydrogens is 577 g/mol. The van der Waals surface area contributed by atoms with Gasteiger partial charge in [0.25, 0.3) is 0 Å². The Kier molecular flexibility index (Phi) is 16.8. The van der Waals surface area contributed by atoms with Crippen LogP contribution in [0.2, 0.25) is 0 Å². The van der Waals surface area contributed by atoms with Crippen LogP contribution in [0.15, 0.2) is 66.7 Å². The fourth-order valence-corrected chi connectivity index (χ4v) is 5.71. The molecule has 0 aliphatic carbocycles. The average molecular weight is 621 g/mol. The number of hydrogen-bond donors (Lipinski definition) is 1. The lowest BCUT2D eigenvalue weighted by atomic mass is 10.00. The number of benzene rings is 3. The molecule has 5 rings (SSSR count). The van der Waals surface area contributed by atoms with Crippen LogP contribution in [0.3, 0.4) is 0 Å². The molecule has 4 nitrogen and oxygen atoms in total. The number of nitrogens with one attached hydrogen (secondary N) is 1. The zero-order chi connectivity index (χ0) is 23.9. The molecule has 0 spiro atoms. The van der Waals surface area contributed by atoms with Gasteiger partial charge in [0.2, 0.25) is 0 Å². The van der Waals surface area contributed by atoms with Crippen molar-refractivity contribution in [1.29, 1.82) is 0 Å². The third-order valence-electron chi connectivity index (χ3n) is 7.79. The smallest absolute Gasteiger partial charge is 0.123 e. The number of halogens is 5. The van der Waals surface area contributed by atoms with Crippen LogP contribution in [0.1, 0.15) is 30.0 Å². The molecule has 1 unspecified atom stereocenters. The maximum Gasteiger partial charge on any atom is 0.123 e. The zero-order valence-electron chi connectivity index (χ0n) is 22.5. The molecule has 0 bridgehead atoms. The van der Waals surface area contributed by atoms with Crippen LogP contribution in [-0.2, 0) is 6.42 Å². The van der Waals surface area contributed by atoms with Crippen molar-refractivity contribution < 1.29 is 4.39 Å². The van der Waals surface area contributed by atoms with Crippen molar-refractivity contribution in [2.75, 3.05) is 65.4 Å². The summed E-state index contributed by atoms with van der Waals surface area (Å²) in [6.07, 6.45) is 3.65. The van der Waals surface area contributed by atoms with E-state index in [2.05, 4.69) is 62.5 Å². The first-order chi connectivity index (χ1) is 17.3. The summed E-state index contributed by atoms with van der Waals surface area (Å²) in [6.45, 7) is 10.9. The molecule has 1 N–H and O–H groups in total. The van der Waals surface area contributed by atoms with E-state index >= 15 is 0 Å². The molecule has 2 saturated heterocycles. The van der Waals surface area contributed by atoms with Crippen LogP contribution in [0.5, 0.6) is 0 Å². The quantitative estimate of drug-likeness (QED) is 0.286. The monoisotopic (exact) mass is 618 g/mol. The Bertz CT molecular complexity index is 1070. The van der Waals surface area contributed by atoms with E-state index in [1.54, 1.807) is 12.1 Å². The molecule has 2 aliphatic heterocycles. The van der Waals surface area contributed by atoms with Crippen molar-refractivity contribution in [3.63, 3.8) is 0 Å². The molecule has 0 aromatic heterocycles. The van der Waals surface area contributed by atoms with Gasteiger partial charge in [0, 0.05) is 64.9 Å². The van der Waals surface area contributed by atoms with E-state index in [9.17, 15) is 4.39 Å². The van der Waals surface area contributed by atoms with E-state index in [-0.39, 0.29) is 55.4 Å². The molecule has 2 aliphatic rings. The first-order valence-corrected chi connectivity index (χ1v) is 13.4. The summed E-state index contributed by atoms with van der Waals surface area (Å²) in [6, 6.07) is 22.9. The van der Waals surface area contributed by atoms with Gasteiger partial charge in [-0.15, -0.1) is 49.6 Å². The van der Waals surface area contributed by atoms with Gasteiger partial charge in [-0.05, 0) is 59.8 Å². The SMILES string of the molecule is Cl.Cl.Cl.Cl.Fc1ccc(C(CN2CCN(CCCCc3cccc4ccccc34)CC2)N2CCNCC2)cc1. The van der Waals surface area contributed by atoms with Crippen molar-refractivity contribution in [3.8, 4) is 0 Å². The summed E-state index contributed by atoms with van der Waals surface area (Å²) in [5.74, 6) is -0.151. The third kappa shape index (κ3) is 10.0. The normalized spacial score (nSPS) is 17.3. The Hall–Kier alpha value is -1.15. The molecule has 2 heterocycles. The summed E-state index contributed by atoms with van der Waals surface area (Å²) >= 11 is 0. The number of piperazine rings is 2. The van der Waals surface area contributed by atoms with Crippen LogP contribution >= 0.6 is 49.6 Å². The summed E-state index contributed by atoms with van der Waals surface area (Å²) in [7, 11) is 0. The molecule has 218 valence electrons. The minimum atomic E-state index is -0.151. The number of fused-ring (bicyclic) bond motifs is 1. The summed E-state index contributed by atoms with van der Waals surface area (Å²) < 4.78 is 13.5. The molecule has 0 radical (unpaired) electrons. The van der Waals surface area contributed by atoms with Crippen LogP contribution < -0.4 is 5.32 Å². The van der Waals surface area contributed by atoms with Crippen LogP contribution in [-0.4, -0.2) is 80.1 Å². The second-order valence-electron chi connectivity index (χ2n) is 10.1. The Morgan fingerprint density at radius 1 is 0.692 bits per heavy atom. The fraction of sp³-hybridized carbons (Fsp3) is 0.467. The van der Waals surface area contributed by atoms with Gasteiger partial charge < -0.3 is 10.2 Å². The lowest BCUT2D eigenvalue weighted by Crippen LogP contribution is -2.51. The molecule has 0 saturated carbocycles. The van der Waals surface area contributed by atoms with E-state index in [0.717, 1.165) is 65.3 Å². The van der Waals surface area contributed by atoms with Gasteiger partial charge in [0.15, 0.2) is 0 Å². The molecule has 1 atom stereocenters. The minimum Gasteiger partial charge on any atom is -0.314 e. The van der Waals surface area contributed by atoms with Gasteiger partial charge in [-0.3, -0.25) is 9.80 Å². The largest absolute Gasteiger partial charge is 0.314 e. The first-order valence-electron chi connectivity index (χ1n) is 13.4. The second kappa shape index (κ2) is 18.3. The highest BCUT2D eigenvalue weighted by atomic mass is 35.5. The molecule has 2 fully saturated rings. The summed E-state index contributed by atoms with van der Waals surface area (Å²) in [4.78, 5) is 7.82. The van der Waals surface area contributed by atoms with Gasteiger partial charge in [0.1, 0.15) is 5.82 Å². The number of rotatable bonds is 9. The maximum absolute atomic E-state index is 13.5. The topological polar surface area (TPSA) is 21.8 Å². The van der Waals surface area contributed by atoms with Gasteiger partial charge in [-0.2, -0.15) is 0 Å². The Morgan fingerprint density at radius 3 is 2.05 bits per heavy atom. The zero-order valence-corrected chi connectivity index (χ0v) is 25.7. The number of hydrogen-bond acceptors (Lipinski definition) is 4. The molecule has 3 aromatic rings. The predicted octanol–water partition coefficient (Wildman–Crippen LogP) is 6.25. The van der Waals surface area contributed by atoms with E-state index < -0.39 is 0 Å². The number of aryl methyl sites for hydroxylation is 1. The summed E-state index contributed by atoms with van der Waals surface area (Å²) in [5.41, 5.74) is 2.72. The highest BCUT2D eigenvalue weighted by molar-refractivity contribution is 5.86. The Labute approximate surface area is 258 Å². The lowest BCUT2D eigenvalue weighted by Gasteiger charge is -2.41. The van der Waals surface area contributed by atoms with Crippen LogP contribution in [0.4, 0.5) is 4.39 Å². The van der Waals surface area contributed by atoms with Crippen molar-refractivity contribution in [3.05, 3.63) is 83.7 Å². The predicted molar refractivity (Wildman–Crippen MR) is 172 cm³/mol. The Balaban J connectivity index is 0.00000190. The maximum atomic E-state index is 13.5. The third-order valence-corrected chi connectivity index (χ3v) is 7.79. The van der Waals surface area contributed by atoms with Crippen LogP contribution in [0.25, 0.3) is 10.8 Å². The van der Waals surface area contributed by atoms with Crippen molar-refractivity contribution in [2.45, 2.75) is 25.3 Å². The molecule has 3 aromatic carbocycles. The fourth-order valence-electron chi connectivity index (χ4n) is 5.71. The van der Waals surface area contributed by atoms with E-state index in [4.69, 9.17) is 0 Å². The van der Waals surface area contributed by atoms with Gasteiger partial charge in [0.05, 0.1) is 0 Å². The van der Waals surface area contributed by atoms with Crippen molar-refractivity contribution >= 4 is 60.4 Å². The number of unbranched alkanes of at least 4 members (excludes halogenated alkanes) is 1. The molecule has 0 amide bonds. The lowest BCUT2D eigenvalue weighted by molar-refractivity contribution is 0.0830. The van der Waals surface area contributed by atoms with E-state index in [0.29, 0.717) is 6.04 Å².